The molecule has 0 aliphatic heterocycles. The van der Waals surface area contributed by atoms with Gasteiger partial charge in [0.1, 0.15) is 6.07 Å². The zero-order valence-corrected chi connectivity index (χ0v) is 14.6. The third-order valence-electron chi connectivity index (χ3n) is 4.26. The van der Waals surface area contributed by atoms with Gasteiger partial charge in [-0.15, -0.1) is 0 Å². The lowest BCUT2D eigenvalue weighted by Gasteiger charge is -2.25. The predicted molar refractivity (Wildman–Crippen MR) is 96.6 cm³/mol. The van der Waals surface area contributed by atoms with Gasteiger partial charge in [-0.2, -0.15) is 5.26 Å². The fraction of sp³-hybridized carbons (Fsp3) is 0.300. The minimum absolute atomic E-state index is 0.120. The first kappa shape index (κ1) is 17.7. The first-order chi connectivity index (χ1) is 11.4. The van der Waals surface area contributed by atoms with Crippen LogP contribution in [0, 0.1) is 25.2 Å². The molecule has 1 atom stereocenters. The number of carbonyl (C=O) groups excluding carboxylic acids is 1. The topological polar surface area (TPSA) is 56.1 Å². The minimum Gasteiger partial charge on any atom is -0.324 e. The second-order valence-electron chi connectivity index (χ2n) is 6.17. The summed E-state index contributed by atoms with van der Waals surface area (Å²) < 4.78 is 0. The first-order valence-corrected chi connectivity index (χ1v) is 7.98. The van der Waals surface area contributed by atoms with E-state index in [1.165, 1.54) is 16.7 Å². The Labute approximate surface area is 143 Å². The van der Waals surface area contributed by atoms with E-state index in [0.29, 0.717) is 17.8 Å². The van der Waals surface area contributed by atoms with Crippen molar-refractivity contribution in [1.82, 2.24) is 4.90 Å². The molecule has 0 aliphatic rings. The Kier molecular flexibility index (Phi) is 5.73. The number of anilines is 1. The third-order valence-corrected chi connectivity index (χ3v) is 4.26. The highest BCUT2D eigenvalue weighted by molar-refractivity contribution is 5.95. The molecular formula is C20H23N3O. The summed E-state index contributed by atoms with van der Waals surface area (Å²) in [5, 5.41) is 12.0. The van der Waals surface area contributed by atoms with Gasteiger partial charge in [-0.1, -0.05) is 35.9 Å². The van der Waals surface area contributed by atoms with Gasteiger partial charge in [0, 0.05) is 6.54 Å². The molecule has 2 rings (SSSR count). The lowest BCUT2D eigenvalue weighted by molar-refractivity contribution is -0.120. The van der Waals surface area contributed by atoms with Crippen molar-refractivity contribution in [2.24, 2.45) is 0 Å². The molecule has 2 aromatic rings. The van der Waals surface area contributed by atoms with Crippen LogP contribution in [0.4, 0.5) is 5.69 Å². The predicted octanol–water partition coefficient (Wildman–Crippen LogP) is 3.63. The first-order valence-electron chi connectivity index (χ1n) is 7.98. The molecule has 0 saturated heterocycles. The van der Waals surface area contributed by atoms with Crippen molar-refractivity contribution < 1.29 is 4.79 Å². The normalized spacial score (nSPS) is 11.8. The van der Waals surface area contributed by atoms with Crippen molar-refractivity contribution in [3.05, 3.63) is 64.7 Å². The lowest BCUT2D eigenvalue weighted by atomic mass is 10.0. The van der Waals surface area contributed by atoms with Gasteiger partial charge in [0.2, 0.25) is 5.91 Å². The Morgan fingerprint density at radius 2 is 1.96 bits per heavy atom. The van der Waals surface area contributed by atoms with E-state index in [4.69, 9.17) is 5.26 Å². The van der Waals surface area contributed by atoms with Gasteiger partial charge in [0.25, 0.3) is 0 Å². The molecule has 1 amide bonds. The van der Waals surface area contributed by atoms with E-state index in [2.05, 4.69) is 43.4 Å². The van der Waals surface area contributed by atoms with E-state index in [1.54, 1.807) is 24.3 Å². The minimum atomic E-state index is -0.308. The van der Waals surface area contributed by atoms with Gasteiger partial charge in [0.05, 0.1) is 17.3 Å². The van der Waals surface area contributed by atoms with Crippen LogP contribution in [-0.2, 0) is 11.3 Å². The summed E-state index contributed by atoms with van der Waals surface area (Å²) >= 11 is 0. The van der Waals surface area contributed by atoms with Crippen LogP contribution in [0.1, 0.15) is 29.2 Å². The van der Waals surface area contributed by atoms with Crippen LogP contribution >= 0.6 is 0 Å². The number of rotatable bonds is 5. The summed E-state index contributed by atoms with van der Waals surface area (Å²) in [5.41, 5.74) is 4.69. The number of nitrogens with zero attached hydrogens (tertiary/aromatic N) is 2. The molecule has 0 unspecified atom stereocenters. The molecule has 0 bridgehead atoms. The zero-order chi connectivity index (χ0) is 17.7. The van der Waals surface area contributed by atoms with Crippen LogP contribution in [0.25, 0.3) is 0 Å². The number of likely N-dealkylation sites (N-methyl/N-ethyl adjacent to an activating group) is 1. The standard InChI is InChI=1S/C20H23N3O/c1-14-9-10-18(15(2)11-14)13-23(4)16(3)20(24)22-19-8-6-5-7-17(19)12-21/h5-11,16H,13H2,1-4H3,(H,22,24)/t16-/m1/s1. The van der Waals surface area contributed by atoms with E-state index in [1.807, 2.05) is 18.9 Å². The maximum absolute atomic E-state index is 12.5. The number of carbonyl (C=O) groups is 1. The maximum Gasteiger partial charge on any atom is 0.241 e. The number of benzene rings is 2. The van der Waals surface area contributed by atoms with Crippen molar-refractivity contribution in [3.8, 4) is 6.07 Å². The SMILES string of the molecule is Cc1ccc(CN(C)[C@H](C)C(=O)Nc2ccccc2C#N)c(C)c1. The monoisotopic (exact) mass is 321 g/mol. The number of hydrogen-bond donors (Lipinski definition) is 1. The van der Waals surface area contributed by atoms with Crippen molar-refractivity contribution in [3.63, 3.8) is 0 Å². The second kappa shape index (κ2) is 7.76. The molecule has 0 heterocycles. The van der Waals surface area contributed by atoms with Gasteiger partial charge < -0.3 is 5.32 Å². The smallest absolute Gasteiger partial charge is 0.241 e. The van der Waals surface area contributed by atoms with E-state index >= 15 is 0 Å². The molecule has 4 nitrogen and oxygen atoms in total. The largest absolute Gasteiger partial charge is 0.324 e. The number of nitrogens with one attached hydrogen (secondary N) is 1. The summed E-state index contributed by atoms with van der Waals surface area (Å²) in [7, 11) is 1.93. The Morgan fingerprint density at radius 1 is 1.25 bits per heavy atom. The zero-order valence-electron chi connectivity index (χ0n) is 14.6. The van der Waals surface area contributed by atoms with Crippen molar-refractivity contribution >= 4 is 11.6 Å². The van der Waals surface area contributed by atoms with E-state index < -0.39 is 0 Å². The summed E-state index contributed by atoms with van der Waals surface area (Å²) in [6, 6.07) is 15.2. The summed E-state index contributed by atoms with van der Waals surface area (Å²) in [4.78, 5) is 14.5. The summed E-state index contributed by atoms with van der Waals surface area (Å²) in [6.45, 7) is 6.72. The lowest BCUT2D eigenvalue weighted by Crippen LogP contribution is -2.39. The summed E-state index contributed by atoms with van der Waals surface area (Å²) in [6.07, 6.45) is 0. The van der Waals surface area contributed by atoms with Gasteiger partial charge in [-0.3, -0.25) is 9.69 Å². The Morgan fingerprint density at radius 3 is 2.62 bits per heavy atom. The molecule has 0 spiro atoms. The quantitative estimate of drug-likeness (QED) is 0.915. The average Bonchev–Trinajstić information content (AvgIpc) is 2.57. The number of nitriles is 1. The molecule has 0 radical (unpaired) electrons. The van der Waals surface area contributed by atoms with Crippen LogP contribution in [0.15, 0.2) is 42.5 Å². The average molecular weight is 321 g/mol. The second-order valence-corrected chi connectivity index (χ2v) is 6.17. The van der Waals surface area contributed by atoms with Gasteiger partial charge in [-0.05, 0) is 51.1 Å². The molecule has 0 fully saturated rings. The van der Waals surface area contributed by atoms with E-state index in [-0.39, 0.29) is 11.9 Å². The van der Waals surface area contributed by atoms with Gasteiger partial charge in [-0.25, -0.2) is 0 Å². The van der Waals surface area contributed by atoms with Crippen LogP contribution < -0.4 is 5.32 Å². The van der Waals surface area contributed by atoms with Gasteiger partial charge >= 0.3 is 0 Å². The molecule has 1 N–H and O–H groups in total. The highest BCUT2D eigenvalue weighted by Gasteiger charge is 2.19. The fourth-order valence-corrected chi connectivity index (χ4v) is 2.56. The van der Waals surface area contributed by atoms with Crippen molar-refractivity contribution in [2.75, 3.05) is 12.4 Å². The highest BCUT2D eigenvalue weighted by Crippen LogP contribution is 2.16. The Bertz CT molecular complexity index is 777. The molecule has 4 heteroatoms. The number of aryl methyl sites for hydroxylation is 2. The highest BCUT2D eigenvalue weighted by atomic mass is 16.2. The fourth-order valence-electron chi connectivity index (χ4n) is 2.56. The number of para-hydroxylation sites is 1. The molecule has 124 valence electrons. The molecule has 2 aromatic carbocycles. The Balaban J connectivity index is 2.05. The molecular weight excluding hydrogens is 298 g/mol. The van der Waals surface area contributed by atoms with Crippen molar-refractivity contribution in [2.45, 2.75) is 33.4 Å². The maximum atomic E-state index is 12.5. The Hall–Kier alpha value is -2.64. The molecule has 0 aliphatic carbocycles. The van der Waals surface area contributed by atoms with Crippen LogP contribution in [-0.4, -0.2) is 23.9 Å². The van der Waals surface area contributed by atoms with E-state index in [0.717, 1.165) is 0 Å². The molecule has 0 aromatic heterocycles. The number of hydrogen-bond acceptors (Lipinski definition) is 3. The van der Waals surface area contributed by atoms with Crippen LogP contribution in [0.5, 0.6) is 0 Å². The van der Waals surface area contributed by atoms with Crippen LogP contribution in [0.2, 0.25) is 0 Å². The van der Waals surface area contributed by atoms with E-state index in [9.17, 15) is 4.79 Å². The number of amides is 1. The summed E-state index contributed by atoms with van der Waals surface area (Å²) in [5.74, 6) is -0.120. The third kappa shape index (κ3) is 4.21. The molecule has 24 heavy (non-hydrogen) atoms. The van der Waals surface area contributed by atoms with Crippen LogP contribution in [0.3, 0.4) is 0 Å². The van der Waals surface area contributed by atoms with Gasteiger partial charge in [0.15, 0.2) is 0 Å². The molecule has 0 saturated carbocycles. The van der Waals surface area contributed by atoms with Crippen molar-refractivity contribution in [1.29, 1.82) is 5.26 Å².